The summed E-state index contributed by atoms with van der Waals surface area (Å²) in [6.07, 6.45) is 6.64. The van der Waals surface area contributed by atoms with Crippen LogP contribution in [0.15, 0.2) is 78.9 Å². The van der Waals surface area contributed by atoms with Crippen molar-refractivity contribution in [2.24, 2.45) is 0 Å². The second-order valence-electron chi connectivity index (χ2n) is 11.4. The van der Waals surface area contributed by atoms with E-state index in [0.717, 1.165) is 5.56 Å². The van der Waals surface area contributed by atoms with Gasteiger partial charge in [-0.05, 0) is 68.5 Å². The van der Waals surface area contributed by atoms with E-state index in [2.05, 4.69) is 16.6 Å². The van der Waals surface area contributed by atoms with Gasteiger partial charge in [-0.15, -0.1) is 6.42 Å². The average molecular weight is 568 g/mol. The number of ether oxygens (including phenoxy) is 1. The zero-order chi connectivity index (χ0) is 30.3. The quantitative estimate of drug-likeness (QED) is 0.304. The van der Waals surface area contributed by atoms with Gasteiger partial charge in [0.15, 0.2) is 0 Å². The third kappa shape index (κ3) is 8.14. The highest BCUT2D eigenvalue weighted by Gasteiger charge is 2.44. The number of nitrogens with one attached hydrogen (secondary N) is 2. The summed E-state index contributed by atoms with van der Waals surface area (Å²) in [5, 5.41) is 15.5. The largest absolute Gasteiger partial charge is 0.508 e. The van der Waals surface area contributed by atoms with Gasteiger partial charge in [0.05, 0.1) is 0 Å². The monoisotopic (exact) mass is 567 g/mol. The first kappa shape index (κ1) is 30.2. The van der Waals surface area contributed by atoms with Crippen molar-refractivity contribution >= 4 is 17.9 Å². The molecule has 4 rings (SSSR count). The number of terminal acetylenes is 1. The van der Waals surface area contributed by atoms with Gasteiger partial charge in [0.1, 0.15) is 23.4 Å². The number of phenolic OH excluding ortho intramolecular Hbond substituents is 1. The third-order valence-corrected chi connectivity index (χ3v) is 6.81. The maximum Gasteiger partial charge on any atom is 0.408 e. The van der Waals surface area contributed by atoms with Crippen LogP contribution in [0.4, 0.5) is 4.79 Å². The van der Waals surface area contributed by atoms with Gasteiger partial charge in [-0.3, -0.25) is 9.59 Å². The van der Waals surface area contributed by atoms with Crippen LogP contribution in [0.1, 0.15) is 61.9 Å². The molecular formula is C34H37N3O5. The van der Waals surface area contributed by atoms with Crippen LogP contribution in [-0.2, 0) is 27.3 Å². The molecule has 0 heterocycles. The molecule has 0 radical (unpaired) electrons. The molecule has 8 nitrogen and oxygen atoms in total. The summed E-state index contributed by atoms with van der Waals surface area (Å²) >= 11 is 0. The van der Waals surface area contributed by atoms with Crippen molar-refractivity contribution in [3.63, 3.8) is 0 Å². The minimum Gasteiger partial charge on any atom is -0.508 e. The van der Waals surface area contributed by atoms with Crippen LogP contribution in [0, 0.1) is 12.3 Å². The predicted octanol–water partition coefficient (Wildman–Crippen LogP) is 4.86. The second-order valence-corrected chi connectivity index (χ2v) is 11.4. The first-order valence-corrected chi connectivity index (χ1v) is 14.0. The molecule has 8 heteroatoms. The zero-order valence-electron chi connectivity index (χ0n) is 24.2. The van der Waals surface area contributed by atoms with Crippen LogP contribution >= 0.6 is 0 Å². The molecule has 2 unspecified atom stereocenters. The zero-order valence-corrected chi connectivity index (χ0v) is 24.2. The summed E-state index contributed by atoms with van der Waals surface area (Å²) in [5.41, 5.74) is 1.89. The fourth-order valence-electron chi connectivity index (χ4n) is 4.73. The maximum atomic E-state index is 14.5. The van der Waals surface area contributed by atoms with Gasteiger partial charge in [-0.1, -0.05) is 66.6 Å². The number of carbonyl (C=O) groups excluding carboxylic acids is 3. The van der Waals surface area contributed by atoms with E-state index in [1.165, 1.54) is 12.1 Å². The summed E-state index contributed by atoms with van der Waals surface area (Å²) < 4.78 is 5.48. The molecule has 3 aromatic rings. The summed E-state index contributed by atoms with van der Waals surface area (Å²) in [4.78, 5) is 42.9. The van der Waals surface area contributed by atoms with Gasteiger partial charge in [0, 0.05) is 24.6 Å². The average Bonchev–Trinajstić information content (AvgIpc) is 3.80. The Kier molecular flexibility index (Phi) is 9.53. The number of benzene rings is 3. The van der Waals surface area contributed by atoms with Crippen molar-refractivity contribution in [3.05, 3.63) is 101 Å². The molecule has 0 bridgehead atoms. The molecule has 0 saturated heterocycles. The molecule has 0 spiro atoms. The number of hydrogen-bond donors (Lipinski definition) is 3. The van der Waals surface area contributed by atoms with Crippen molar-refractivity contribution in [1.29, 1.82) is 0 Å². The number of aromatic hydroxyl groups is 1. The third-order valence-electron chi connectivity index (χ3n) is 6.81. The lowest BCUT2D eigenvalue weighted by Crippen LogP contribution is -2.54. The van der Waals surface area contributed by atoms with Crippen molar-refractivity contribution in [1.82, 2.24) is 15.5 Å². The summed E-state index contributed by atoms with van der Waals surface area (Å²) in [6.45, 7) is 5.49. The molecule has 1 aliphatic rings. The minimum absolute atomic E-state index is 0.0855. The number of rotatable bonds is 10. The summed E-state index contributed by atoms with van der Waals surface area (Å²) in [5.74, 6) is 1.94. The van der Waals surface area contributed by atoms with Crippen LogP contribution in [0.5, 0.6) is 5.75 Å². The van der Waals surface area contributed by atoms with E-state index >= 15 is 0 Å². The van der Waals surface area contributed by atoms with Crippen LogP contribution in [0.3, 0.4) is 0 Å². The van der Waals surface area contributed by atoms with Gasteiger partial charge in [-0.25, -0.2) is 4.79 Å². The number of alkyl carbamates (subject to hydrolysis) is 1. The predicted molar refractivity (Wildman–Crippen MR) is 160 cm³/mol. The minimum atomic E-state index is -1.05. The fourth-order valence-corrected chi connectivity index (χ4v) is 4.73. The van der Waals surface area contributed by atoms with Crippen LogP contribution in [0.25, 0.3) is 0 Å². The van der Waals surface area contributed by atoms with E-state index in [1.807, 2.05) is 30.3 Å². The smallest absolute Gasteiger partial charge is 0.408 e. The van der Waals surface area contributed by atoms with Crippen molar-refractivity contribution in [2.45, 2.75) is 70.3 Å². The molecule has 3 aromatic carbocycles. The Morgan fingerprint density at radius 1 is 0.976 bits per heavy atom. The highest BCUT2D eigenvalue weighted by atomic mass is 16.6. The highest BCUT2D eigenvalue weighted by molar-refractivity contribution is 5.93. The number of amides is 3. The van der Waals surface area contributed by atoms with Crippen LogP contribution in [0.2, 0.25) is 0 Å². The fraction of sp³-hybridized carbons (Fsp3) is 0.324. The Morgan fingerprint density at radius 2 is 1.62 bits per heavy atom. The Bertz CT molecular complexity index is 1440. The molecule has 3 N–H and O–H groups in total. The van der Waals surface area contributed by atoms with Crippen molar-refractivity contribution in [2.75, 3.05) is 0 Å². The number of hydrogen-bond acceptors (Lipinski definition) is 5. The van der Waals surface area contributed by atoms with E-state index in [1.54, 1.807) is 62.1 Å². The second kappa shape index (κ2) is 13.3. The van der Waals surface area contributed by atoms with Gasteiger partial charge < -0.3 is 25.4 Å². The van der Waals surface area contributed by atoms with Gasteiger partial charge in [0.25, 0.3) is 0 Å². The van der Waals surface area contributed by atoms with Crippen molar-refractivity contribution in [3.8, 4) is 18.1 Å². The molecule has 0 aliphatic heterocycles. The number of carbonyl (C=O) groups is 3. The lowest BCUT2D eigenvalue weighted by Gasteiger charge is -2.35. The summed E-state index contributed by atoms with van der Waals surface area (Å²) in [6, 6.07) is 20.7. The first-order valence-electron chi connectivity index (χ1n) is 14.0. The number of nitrogens with zero attached hydrogens (tertiary/aromatic N) is 1. The number of phenols is 1. The van der Waals surface area contributed by atoms with Crippen LogP contribution in [-0.4, -0.2) is 45.6 Å². The van der Waals surface area contributed by atoms with E-state index in [-0.39, 0.29) is 30.7 Å². The van der Waals surface area contributed by atoms with E-state index in [4.69, 9.17) is 11.2 Å². The summed E-state index contributed by atoms with van der Waals surface area (Å²) in [7, 11) is 0. The normalized spacial score (nSPS) is 14.1. The molecule has 218 valence electrons. The molecule has 1 saturated carbocycles. The SMILES string of the molecule is C#Cc1ccccc1C(C(=O)NCc1ccccc1)N(C(=O)C(Cc1ccc(O)cc1)NC(=O)OC(C)(C)C)C1CC1. The Hall–Kier alpha value is -4.77. The van der Waals surface area contributed by atoms with Gasteiger partial charge in [-0.2, -0.15) is 0 Å². The molecule has 1 fully saturated rings. The molecule has 3 amide bonds. The van der Waals surface area contributed by atoms with Gasteiger partial charge in [0.2, 0.25) is 11.8 Å². The van der Waals surface area contributed by atoms with E-state index in [9.17, 15) is 19.5 Å². The molecule has 42 heavy (non-hydrogen) atoms. The standard InChI is InChI=1S/C34H37N3O5/c1-5-25-13-9-10-14-28(25)30(31(39)35-22-24-11-7-6-8-12-24)37(26-17-18-26)32(40)29(36-33(41)42-34(2,3)4)21-23-15-19-27(38)20-16-23/h1,6-16,19-20,26,29-30,38H,17-18,21-22H2,2-4H3,(H,35,39)(H,36,41). The maximum absolute atomic E-state index is 14.5. The van der Waals surface area contributed by atoms with E-state index in [0.29, 0.717) is 29.5 Å². The van der Waals surface area contributed by atoms with Gasteiger partial charge >= 0.3 is 6.09 Å². The lowest BCUT2D eigenvalue weighted by atomic mass is 9.96. The Morgan fingerprint density at radius 3 is 2.24 bits per heavy atom. The lowest BCUT2D eigenvalue weighted by molar-refractivity contribution is -0.143. The topological polar surface area (TPSA) is 108 Å². The molecule has 0 aromatic heterocycles. The van der Waals surface area contributed by atoms with Crippen molar-refractivity contribution < 1.29 is 24.2 Å². The first-order chi connectivity index (χ1) is 20.1. The molecular weight excluding hydrogens is 530 g/mol. The highest BCUT2D eigenvalue weighted by Crippen LogP contribution is 2.37. The van der Waals surface area contributed by atoms with E-state index < -0.39 is 29.7 Å². The molecule has 2 atom stereocenters. The van der Waals surface area contributed by atoms with Crippen LogP contribution < -0.4 is 10.6 Å². The Labute approximate surface area is 247 Å². The Balaban J connectivity index is 1.71. The molecule has 1 aliphatic carbocycles.